The zero-order chi connectivity index (χ0) is 39.5. The van der Waals surface area contributed by atoms with E-state index in [-0.39, 0.29) is 23.7 Å². The zero-order valence-corrected chi connectivity index (χ0v) is 34.6. The molecule has 0 fully saturated rings. The molecule has 2 amide bonds. The number of amides is 2. The van der Waals surface area contributed by atoms with Crippen LogP contribution in [0, 0.1) is 0 Å². The minimum absolute atomic E-state index is 0.0835. The van der Waals surface area contributed by atoms with Crippen LogP contribution in [-0.2, 0) is 12.8 Å². The molecule has 2 N–H and O–H groups in total. The van der Waals surface area contributed by atoms with Gasteiger partial charge in [0.2, 0.25) is 11.9 Å². The number of nitrogens with one attached hydrogen (secondary N) is 2. The van der Waals surface area contributed by atoms with Gasteiger partial charge in [-0.25, -0.2) is 0 Å². The van der Waals surface area contributed by atoms with Gasteiger partial charge in [-0.15, -0.1) is 0 Å². The van der Waals surface area contributed by atoms with Crippen LogP contribution in [0.15, 0.2) is 78.9 Å². The average Bonchev–Trinajstić information content (AvgIpc) is 3.22. The second-order valence-corrected chi connectivity index (χ2v) is 15.6. The number of rotatable bonds is 29. The lowest BCUT2D eigenvalue weighted by atomic mass is 10.0. The fourth-order valence-electron chi connectivity index (χ4n) is 7.27. The van der Waals surface area contributed by atoms with Crippen LogP contribution in [0.3, 0.4) is 0 Å². The molecule has 7 nitrogen and oxygen atoms in total. The number of aromatic nitrogens is 3. The summed E-state index contributed by atoms with van der Waals surface area (Å²) >= 11 is 0. The van der Waals surface area contributed by atoms with Gasteiger partial charge in [-0.05, 0) is 61.1 Å². The fraction of sp³-hybridized carbons (Fsp3) is 0.531. The van der Waals surface area contributed by atoms with Crippen LogP contribution >= 0.6 is 0 Å². The van der Waals surface area contributed by atoms with E-state index in [2.05, 4.69) is 51.6 Å². The molecule has 56 heavy (non-hydrogen) atoms. The summed E-state index contributed by atoms with van der Waals surface area (Å²) in [5.41, 5.74) is 4.14. The van der Waals surface area contributed by atoms with Crippen molar-refractivity contribution in [2.75, 3.05) is 10.6 Å². The first-order valence-electron chi connectivity index (χ1n) is 22.2. The highest BCUT2D eigenvalue weighted by molar-refractivity contribution is 6.05. The fourth-order valence-corrected chi connectivity index (χ4v) is 7.27. The number of hydrogen-bond donors (Lipinski definition) is 2. The van der Waals surface area contributed by atoms with Gasteiger partial charge in [-0.2, -0.15) is 15.0 Å². The Bertz CT molecular complexity index is 1590. The van der Waals surface area contributed by atoms with E-state index in [4.69, 9.17) is 0 Å². The molecule has 0 radical (unpaired) electrons. The van der Waals surface area contributed by atoms with E-state index in [0.717, 1.165) is 42.4 Å². The van der Waals surface area contributed by atoms with Crippen molar-refractivity contribution in [2.24, 2.45) is 0 Å². The van der Waals surface area contributed by atoms with Crippen molar-refractivity contribution in [1.29, 1.82) is 0 Å². The predicted octanol–water partition coefficient (Wildman–Crippen LogP) is 13.8. The standard InChI is InChI=1S/C49H69N5O2/c1-3-5-7-9-11-13-15-17-19-21-24-30-40-32-28-36-43(38-40)46(55)52-48-50-45(42-34-26-23-27-35-42)51-49(54-48)53-47(56)44-37-29-33-41(39-44)31-25-22-20-18-16-14-12-10-8-6-4-2/h23,26-29,32-39H,3-22,24-25,30-31H2,1-2H3,(H2,50,51,52,53,54,55,56). The predicted molar refractivity (Wildman–Crippen MR) is 234 cm³/mol. The van der Waals surface area contributed by atoms with Crippen LogP contribution in [0.2, 0.25) is 0 Å². The zero-order valence-electron chi connectivity index (χ0n) is 34.6. The lowest BCUT2D eigenvalue weighted by Gasteiger charge is -2.11. The number of anilines is 2. The van der Waals surface area contributed by atoms with Gasteiger partial charge in [0.25, 0.3) is 11.8 Å². The van der Waals surface area contributed by atoms with E-state index < -0.39 is 0 Å². The molecule has 0 aliphatic rings. The van der Waals surface area contributed by atoms with E-state index in [0.29, 0.717) is 17.0 Å². The summed E-state index contributed by atoms with van der Waals surface area (Å²) in [7, 11) is 0. The molecule has 302 valence electrons. The second kappa shape index (κ2) is 27.2. The monoisotopic (exact) mass is 760 g/mol. The van der Waals surface area contributed by atoms with E-state index in [1.165, 1.54) is 128 Å². The van der Waals surface area contributed by atoms with Crippen LogP contribution in [-0.4, -0.2) is 26.8 Å². The largest absolute Gasteiger partial charge is 0.290 e. The average molecular weight is 760 g/mol. The maximum absolute atomic E-state index is 13.5. The van der Waals surface area contributed by atoms with E-state index in [9.17, 15) is 9.59 Å². The summed E-state index contributed by atoms with van der Waals surface area (Å²) in [6, 6.07) is 25.1. The van der Waals surface area contributed by atoms with Crippen LogP contribution < -0.4 is 10.6 Å². The Morgan fingerprint density at radius 1 is 0.429 bits per heavy atom. The van der Waals surface area contributed by atoms with Gasteiger partial charge in [-0.1, -0.05) is 197 Å². The van der Waals surface area contributed by atoms with Crippen molar-refractivity contribution in [3.05, 3.63) is 101 Å². The minimum atomic E-state index is -0.302. The summed E-state index contributed by atoms with van der Waals surface area (Å²) in [5.74, 6) is -0.0752. The number of nitrogens with zero attached hydrogens (tertiary/aromatic N) is 3. The Hall–Kier alpha value is -4.39. The van der Waals surface area contributed by atoms with Gasteiger partial charge in [0.05, 0.1) is 0 Å². The molecular formula is C49H69N5O2. The maximum Gasteiger partial charge on any atom is 0.258 e. The summed E-state index contributed by atoms with van der Waals surface area (Å²) in [4.78, 5) is 40.6. The molecule has 0 bridgehead atoms. The summed E-state index contributed by atoms with van der Waals surface area (Å²) in [6.45, 7) is 4.53. The molecular weight excluding hydrogens is 691 g/mol. The van der Waals surface area contributed by atoms with Gasteiger partial charge >= 0.3 is 0 Å². The lowest BCUT2D eigenvalue weighted by Crippen LogP contribution is -2.19. The van der Waals surface area contributed by atoms with Crippen LogP contribution in [0.4, 0.5) is 11.9 Å². The smallest absolute Gasteiger partial charge is 0.258 e. The molecule has 1 aromatic heterocycles. The third-order valence-corrected chi connectivity index (χ3v) is 10.6. The number of unbranched alkanes of at least 4 members (excludes halogenated alkanes) is 20. The highest BCUT2D eigenvalue weighted by Crippen LogP contribution is 2.20. The number of benzene rings is 3. The molecule has 1 heterocycles. The lowest BCUT2D eigenvalue weighted by molar-refractivity contribution is 0.101. The van der Waals surface area contributed by atoms with Crippen molar-refractivity contribution < 1.29 is 9.59 Å². The summed E-state index contributed by atoms with van der Waals surface area (Å²) in [5, 5.41) is 5.74. The maximum atomic E-state index is 13.5. The van der Waals surface area contributed by atoms with Gasteiger partial charge in [0, 0.05) is 16.7 Å². The van der Waals surface area contributed by atoms with Crippen molar-refractivity contribution in [3.8, 4) is 11.4 Å². The summed E-state index contributed by atoms with van der Waals surface area (Å²) < 4.78 is 0. The minimum Gasteiger partial charge on any atom is -0.290 e. The summed E-state index contributed by atoms with van der Waals surface area (Å²) in [6.07, 6.45) is 30.7. The molecule has 4 aromatic rings. The Morgan fingerprint density at radius 2 is 0.804 bits per heavy atom. The number of hydrogen-bond acceptors (Lipinski definition) is 5. The Morgan fingerprint density at radius 3 is 1.20 bits per heavy atom. The van der Waals surface area contributed by atoms with Crippen molar-refractivity contribution in [1.82, 2.24) is 15.0 Å². The molecule has 0 atom stereocenters. The van der Waals surface area contributed by atoms with E-state index >= 15 is 0 Å². The molecule has 4 rings (SSSR count). The molecule has 0 unspecified atom stereocenters. The van der Waals surface area contributed by atoms with Crippen molar-refractivity contribution >= 4 is 23.7 Å². The third-order valence-electron chi connectivity index (χ3n) is 10.6. The second-order valence-electron chi connectivity index (χ2n) is 15.6. The molecule has 0 saturated carbocycles. The normalized spacial score (nSPS) is 11.1. The number of aryl methyl sites for hydroxylation is 2. The Kier molecular flexibility index (Phi) is 21.6. The molecule has 0 saturated heterocycles. The van der Waals surface area contributed by atoms with E-state index in [1.54, 1.807) is 0 Å². The number of carbonyl (C=O) groups excluding carboxylic acids is 2. The highest BCUT2D eigenvalue weighted by Gasteiger charge is 2.16. The van der Waals surface area contributed by atoms with Crippen molar-refractivity contribution in [3.63, 3.8) is 0 Å². The number of carbonyl (C=O) groups is 2. The highest BCUT2D eigenvalue weighted by atomic mass is 16.2. The van der Waals surface area contributed by atoms with Crippen molar-refractivity contribution in [2.45, 2.75) is 168 Å². The topological polar surface area (TPSA) is 96.9 Å². The molecule has 7 heteroatoms. The first-order chi connectivity index (χ1) is 27.6. The first-order valence-corrected chi connectivity index (χ1v) is 22.2. The van der Waals surface area contributed by atoms with Crippen LogP contribution in [0.25, 0.3) is 11.4 Å². The third kappa shape index (κ3) is 17.6. The quantitative estimate of drug-likeness (QED) is 0.0537. The van der Waals surface area contributed by atoms with Crippen LogP contribution in [0.5, 0.6) is 0 Å². The van der Waals surface area contributed by atoms with Gasteiger partial charge in [0.15, 0.2) is 5.82 Å². The SMILES string of the molecule is CCCCCCCCCCCCCc1cccc(C(=O)Nc2nc(NC(=O)c3cccc(CCCCCCCCCCCCC)c3)nc(-c3ccccc3)n2)c1. The molecule has 0 aliphatic heterocycles. The first kappa shape index (κ1) is 44.3. The molecule has 0 aliphatic carbocycles. The van der Waals surface area contributed by atoms with Gasteiger partial charge < -0.3 is 0 Å². The van der Waals surface area contributed by atoms with Crippen LogP contribution in [0.1, 0.15) is 187 Å². The Labute approximate surface area is 338 Å². The van der Waals surface area contributed by atoms with Gasteiger partial charge in [-0.3, -0.25) is 20.2 Å². The molecule has 3 aromatic carbocycles. The Balaban J connectivity index is 1.28. The molecule has 0 spiro atoms. The van der Waals surface area contributed by atoms with Gasteiger partial charge in [0.1, 0.15) is 0 Å². The van der Waals surface area contributed by atoms with E-state index in [1.807, 2.05) is 66.7 Å².